The quantitative estimate of drug-likeness (QED) is 0.820. The van der Waals surface area contributed by atoms with Gasteiger partial charge >= 0.3 is 0 Å². The second-order valence-corrected chi connectivity index (χ2v) is 7.14. The van der Waals surface area contributed by atoms with Gasteiger partial charge in [0.2, 0.25) is 11.8 Å². The Hall–Kier alpha value is -1.59. The maximum Gasteiger partial charge on any atom is 0.234 e. The van der Waals surface area contributed by atoms with Crippen LogP contribution < -0.4 is 5.32 Å². The van der Waals surface area contributed by atoms with Crippen LogP contribution in [0.4, 0.5) is 0 Å². The van der Waals surface area contributed by atoms with Crippen LogP contribution in [0.2, 0.25) is 0 Å². The van der Waals surface area contributed by atoms with Crippen molar-refractivity contribution in [2.75, 3.05) is 39.3 Å². The molecule has 1 aliphatic heterocycles. The number of rotatable bonds is 6. The van der Waals surface area contributed by atoms with Crippen LogP contribution in [0.15, 0.2) is 18.2 Å². The summed E-state index contributed by atoms with van der Waals surface area (Å²) in [7, 11) is 0. The molecule has 1 aliphatic carbocycles. The fraction of sp³-hybridized carbons (Fsp3) is 0.600. The number of hydrogen-bond donors (Lipinski definition) is 1. The fourth-order valence-corrected chi connectivity index (χ4v) is 3.70. The molecule has 5 nitrogen and oxygen atoms in total. The number of aryl methyl sites for hydroxylation is 2. The van der Waals surface area contributed by atoms with Crippen LogP contribution in [-0.2, 0) is 28.9 Å². The van der Waals surface area contributed by atoms with Crippen LogP contribution in [-0.4, -0.2) is 60.9 Å². The first kappa shape index (κ1) is 20.7. The van der Waals surface area contributed by atoms with E-state index in [1.165, 1.54) is 24.0 Å². The molecule has 0 spiro atoms. The number of piperazine rings is 1. The highest BCUT2D eigenvalue weighted by atomic mass is 35.5. The van der Waals surface area contributed by atoms with Gasteiger partial charge in [0.05, 0.1) is 13.0 Å². The van der Waals surface area contributed by atoms with E-state index >= 15 is 0 Å². The molecule has 26 heavy (non-hydrogen) atoms. The van der Waals surface area contributed by atoms with E-state index in [1.807, 2.05) is 11.8 Å². The van der Waals surface area contributed by atoms with Crippen molar-refractivity contribution in [3.05, 3.63) is 34.9 Å². The molecule has 1 aromatic carbocycles. The van der Waals surface area contributed by atoms with Gasteiger partial charge in [0.25, 0.3) is 0 Å². The molecule has 1 heterocycles. The Morgan fingerprint density at radius 2 is 1.81 bits per heavy atom. The van der Waals surface area contributed by atoms with Crippen LogP contribution in [0.25, 0.3) is 0 Å². The summed E-state index contributed by atoms with van der Waals surface area (Å²) < 4.78 is 0. The lowest BCUT2D eigenvalue weighted by atomic mass is 10.0. The highest BCUT2D eigenvalue weighted by Gasteiger charge is 2.22. The van der Waals surface area contributed by atoms with Gasteiger partial charge < -0.3 is 10.2 Å². The van der Waals surface area contributed by atoms with Crippen LogP contribution in [0, 0.1) is 0 Å². The number of nitrogens with zero attached hydrogens (tertiary/aromatic N) is 2. The second kappa shape index (κ2) is 9.93. The van der Waals surface area contributed by atoms with E-state index in [4.69, 9.17) is 0 Å². The number of carbonyl (C=O) groups excluding carboxylic acids is 2. The highest BCUT2D eigenvalue weighted by molar-refractivity contribution is 5.85. The first-order valence-electron chi connectivity index (χ1n) is 9.53. The molecule has 1 saturated heterocycles. The van der Waals surface area contributed by atoms with E-state index in [1.54, 1.807) is 0 Å². The van der Waals surface area contributed by atoms with E-state index in [9.17, 15) is 9.59 Å². The van der Waals surface area contributed by atoms with Gasteiger partial charge in [-0.3, -0.25) is 14.5 Å². The van der Waals surface area contributed by atoms with Crippen molar-refractivity contribution in [2.24, 2.45) is 0 Å². The molecule has 1 N–H and O–H groups in total. The van der Waals surface area contributed by atoms with E-state index < -0.39 is 0 Å². The molecule has 0 unspecified atom stereocenters. The van der Waals surface area contributed by atoms with Crippen LogP contribution in [0.5, 0.6) is 0 Å². The second-order valence-electron chi connectivity index (χ2n) is 7.14. The fourth-order valence-electron chi connectivity index (χ4n) is 3.70. The van der Waals surface area contributed by atoms with Crippen molar-refractivity contribution in [2.45, 2.75) is 39.0 Å². The van der Waals surface area contributed by atoms with Gasteiger partial charge in [0.1, 0.15) is 0 Å². The molecule has 0 radical (unpaired) electrons. The molecule has 0 bridgehead atoms. The summed E-state index contributed by atoms with van der Waals surface area (Å²) in [6.45, 7) is 6.19. The zero-order chi connectivity index (χ0) is 17.6. The Labute approximate surface area is 162 Å². The van der Waals surface area contributed by atoms with Gasteiger partial charge in [-0.2, -0.15) is 0 Å². The van der Waals surface area contributed by atoms with Gasteiger partial charge in [0.15, 0.2) is 0 Å². The van der Waals surface area contributed by atoms with Crippen LogP contribution in [0.1, 0.15) is 36.5 Å². The number of fused-ring (bicyclic) bond motifs is 1. The van der Waals surface area contributed by atoms with Crippen LogP contribution in [0.3, 0.4) is 0 Å². The van der Waals surface area contributed by atoms with Crippen LogP contribution >= 0.6 is 12.4 Å². The minimum atomic E-state index is 0. The predicted molar refractivity (Wildman–Crippen MR) is 106 cm³/mol. The first-order valence-corrected chi connectivity index (χ1v) is 9.53. The summed E-state index contributed by atoms with van der Waals surface area (Å²) in [4.78, 5) is 28.4. The smallest absolute Gasteiger partial charge is 0.234 e. The summed E-state index contributed by atoms with van der Waals surface area (Å²) in [5.41, 5.74) is 4.01. The van der Waals surface area contributed by atoms with Crippen molar-refractivity contribution < 1.29 is 9.59 Å². The molecule has 2 amide bonds. The lowest BCUT2D eigenvalue weighted by molar-refractivity contribution is -0.132. The normalized spacial score (nSPS) is 16.7. The maximum atomic E-state index is 12.6. The molecule has 0 saturated carbocycles. The number of amides is 2. The van der Waals surface area contributed by atoms with Crippen molar-refractivity contribution in [3.63, 3.8) is 0 Å². The Morgan fingerprint density at radius 3 is 2.54 bits per heavy atom. The zero-order valence-electron chi connectivity index (χ0n) is 15.6. The van der Waals surface area contributed by atoms with Gasteiger partial charge in [0, 0.05) is 32.7 Å². The van der Waals surface area contributed by atoms with Crippen molar-refractivity contribution >= 4 is 24.2 Å². The lowest BCUT2D eigenvalue weighted by Crippen LogP contribution is -2.51. The summed E-state index contributed by atoms with van der Waals surface area (Å²) in [5, 5.41) is 2.91. The van der Waals surface area contributed by atoms with Gasteiger partial charge in [-0.05, 0) is 42.4 Å². The largest absolute Gasteiger partial charge is 0.355 e. The standard InChI is InChI=1S/C20H29N3O2.ClH/c1-2-8-21-19(24)15-22-9-11-23(12-10-22)20(25)14-16-6-7-17-4-3-5-18(17)13-16;/h6-7,13H,2-5,8-12,14-15H2,1H3,(H,21,24);1H. The number of carbonyl (C=O) groups is 2. The number of nitrogens with one attached hydrogen (secondary N) is 1. The molecule has 2 aliphatic rings. The van der Waals surface area contributed by atoms with E-state index in [0.717, 1.165) is 38.0 Å². The Kier molecular flexibility index (Phi) is 7.91. The first-order chi connectivity index (χ1) is 12.2. The number of halogens is 1. The molecule has 144 valence electrons. The highest BCUT2D eigenvalue weighted by Crippen LogP contribution is 2.23. The third kappa shape index (κ3) is 5.45. The molecule has 3 rings (SSSR count). The maximum absolute atomic E-state index is 12.6. The summed E-state index contributed by atoms with van der Waals surface area (Å²) in [5.74, 6) is 0.285. The van der Waals surface area contributed by atoms with E-state index in [0.29, 0.717) is 26.1 Å². The van der Waals surface area contributed by atoms with Crippen molar-refractivity contribution in [3.8, 4) is 0 Å². The number of hydrogen-bond acceptors (Lipinski definition) is 3. The average Bonchev–Trinajstić information content (AvgIpc) is 3.08. The Morgan fingerprint density at radius 1 is 1.08 bits per heavy atom. The monoisotopic (exact) mass is 379 g/mol. The van der Waals surface area contributed by atoms with Gasteiger partial charge in [-0.1, -0.05) is 25.1 Å². The number of benzene rings is 1. The lowest BCUT2D eigenvalue weighted by Gasteiger charge is -2.34. The van der Waals surface area contributed by atoms with E-state index in [2.05, 4.69) is 28.4 Å². The summed E-state index contributed by atoms with van der Waals surface area (Å²) >= 11 is 0. The summed E-state index contributed by atoms with van der Waals surface area (Å²) in [6, 6.07) is 6.52. The Bertz CT molecular complexity index is 627. The van der Waals surface area contributed by atoms with Crippen molar-refractivity contribution in [1.29, 1.82) is 0 Å². The van der Waals surface area contributed by atoms with E-state index in [-0.39, 0.29) is 24.2 Å². The molecule has 1 aromatic rings. The third-order valence-corrected chi connectivity index (χ3v) is 5.18. The van der Waals surface area contributed by atoms with Gasteiger partial charge in [-0.25, -0.2) is 0 Å². The minimum absolute atomic E-state index is 0. The minimum Gasteiger partial charge on any atom is -0.355 e. The summed E-state index contributed by atoms with van der Waals surface area (Å²) in [6.07, 6.45) is 5.01. The third-order valence-electron chi connectivity index (χ3n) is 5.18. The molecular weight excluding hydrogens is 350 g/mol. The SMILES string of the molecule is CCCNC(=O)CN1CCN(C(=O)Cc2ccc3c(c2)CCC3)CC1.Cl. The molecule has 0 aromatic heterocycles. The average molecular weight is 380 g/mol. The molecule has 0 atom stereocenters. The molecular formula is C20H30ClN3O2. The van der Waals surface area contributed by atoms with Crippen molar-refractivity contribution in [1.82, 2.24) is 15.1 Å². The zero-order valence-corrected chi connectivity index (χ0v) is 16.4. The molecule has 1 fully saturated rings. The predicted octanol–water partition coefficient (Wildman–Crippen LogP) is 1.81. The molecule has 6 heteroatoms. The Balaban J connectivity index is 0.00000243. The topological polar surface area (TPSA) is 52.7 Å². The van der Waals surface area contributed by atoms with Gasteiger partial charge in [-0.15, -0.1) is 12.4 Å².